The quantitative estimate of drug-likeness (QED) is 0.608. The van der Waals surface area contributed by atoms with Crippen molar-refractivity contribution in [3.8, 4) is 5.75 Å². The molecular weight excluding hydrogens is 242 g/mol. The lowest BCUT2D eigenvalue weighted by Gasteiger charge is -2.04. The van der Waals surface area contributed by atoms with Gasteiger partial charge in [-0.1, -0.05) is 30.3 Å². The van der Waals surface area contributed by atoms with E-state index >= 15 is 0 Å². The zero-order valence-corrected chi connectivity index (χ0v) is 10.6. The normalized spacial score (nSPS) is 10.2. The van der Waals surface area contributed by atoms with Crippen LogP contribution in [-0.2, 0) is 6.42 Å². The van der Waals surface area contributed by atoms with Crippen molar-refractivity contribution in [3.63, 3.8) is 0 Å². The van der Waals surface area contributed by atoms with E-state index in [0.29, 0.717) is 12.0 Å². The molecule has 0 fully saturated rings. The molecule has 0 spiro atoms. The van der Waals surface area contributed by atoms with E-state index in [9.17, 15) is 10.1 Å². The predicted molar refractivity (Wildman–Crippen MR) is 73.2 cm³/mol. The van der Waals surface area contributed by atoms with Crippen molar-refractivity contribution in [2.75, 3.05) is 7.11 Å². The van der Waals surface area contributed by atoms with Crippen molar-refractivity contribution in [2.24, 2.45) is 0 Å². The third-order valence-electron chi connectivity index (χ3n) is 2.85. The minimum Gasteiger partial charge on any atom is -0.497 e. The number of nitrogens with zero attached hydrogens (tertiary/aromatic N) is 1. The minimum atomic E-state index is -0.361. The highest BCUT2D eigenvalue weighted by molar-refractivity contribution is 5.45. The average molecular weight is 256 g/mol. The molecule has 0 saturated carbocycles. The maximum Gasteiger partial charge on any atom is 0.272 e. The maximum atomic E-state index is 10.9. The number of nitro benzene ring substituents is 1. The number of rotatable bonds is 5. The first-order valence-electron chi connectivity index (χ1n) is 5.90. The Hall–Kier alpha value is -2.36. The van der Waals surface area contributed by atoms with Gasteiger partial charge in [0.25, 0.3) is 5.69 Å². The highest BCUT2D eigenvalue weighted by atomic mass is 16.6. The van der Waals surface area contributed by atoms with Crippen molar-refractivity contribution in [1.29, 1.82) is 0 Å². The van der Waals surface area contributed by atoms with Gasteiger partial charge in [0.2, 0.25) is 0 Å². The topological polar surface area (TPSA) is 52.4 Å². The summed E-state index contributed by atoms with van der Waals surface area (Å²) in [6.45, 7) is 0. The first kappa shape index (κ1) is 13.1. The van der Waals surface area contributed by atoms with Crippen LogP contribution in [0.5, 0.6) is 5.75 Å². The molecule has 0 heterocycles. The molecule has 0 aliphatic heterocycles. The fraction of sp³-hybridized carbons (Fsp3) is 0.133. The molecule has 0 amide bonds. The molecular formula is C15H14NO3. The molecule has 2 rings (SSSR count). The largest absolute Gasteiger partial charge is 0.497 e. The zero-order chi connectivity index (χ0) is 13.7. The number of methoxy groups -OCH3 is 1. The summed E-state index contributed by atoms with van der Waals surface area (Å²) in [5.74, 6) is 0.800. The summed E-state index contributed by atoms with van der Waals surface area (Å²) in [6, 6.07) is 14.4. The molecule has 2 aromatic carbocycles. The highest BCUT2D eigenvalue weighted by Gasteiger charge is 2.11. The summed E-state index contributed by atoms with van der Waals surface area (Å²) in [7, 11) is 1.62. The van der Waals surface area contributed by atoms with E-state index in [4.69, 9.17) is 4.74 Å². The van der Waals surface area contributed by atoms with Crippen molar-refractivity contribution >= 4 is 5.69 Å². The van der Waals surface area contributed by atoms with E-state index in [2.05, 4.69) is 0 Å². The summed E-state index contributed by atoms with van der Waals surface area (Å²) in [6.07, 6.45) is 2.51. The molecule has 0 N–H and O–H groups in total. The van der Waals surface area contributed by atoms with Crippen molar-refractivity contribution in [3.05, 3.63) is 76.2 Å². The van der Waals surface area contributed by atoms with Gasteiger partial charge >= 0.3 is 0 Å². The predicted octanol–water partition coefficient (Wildman–Crippen LogP) is 3.40. The average Bonchev–Trinajstić information content (AvgIpc) is 2.46. The van der Waals surface area contributed by atoms with Crippen LogP contribution < -0.4 is 4.74 Å². The molecule has 0 unspecified atom stereocenters. The van der Waals surface area contributed by atoms with Gasteiger partial charge in [0.15, 0.2) is 0 Å². The molecule has 0 aromatic heterocycles. The fourth-order valence-electron chi connectivity index (χ4n) is 1.82. The Kier molecular flexibility index (Phi) is 4.13. The summed E-state index contributed by atoms with van der Waals surface area (Å²) >= 11 is 0. The van der Waals surface area contributed by atoms with E-state index in [-0.39, 0.29) is 10.6 Å². The van der Waals surface area contributed by atoms with E-state index in [0.717, 1.165) is 11.3 Å². The van der Waals surface area contributed by atoms with E-state index in [1.807, 2.05) is 30.7 Å². The molecule has 97 valence electrons. The summed E-state index contributed by atoms with van der Waals surface area (Å²) in [4.78, 5) is 10.5. The molecule has 0 bridgehead atoms. The van der Waals surface area contributed by atoms with Gasteiger partial charge < -0.3 is 4.74 Å². The second kappa shape index (κ2) is 6.00. The molecule has 0 atom stereocenters. The molecule has 19 heavy (non-hydrogen) atoms. The first-order chi connectivity index (χ1) is 9.20. The standard InChI is InChI=1S/C15H14NO3/c1-19-14-10-7-12(8-11-14)6-9-13-4-2-3-5-15(13)16(17)18/h2-5,7-11H,6H2,1H3. The Balaban J connectivity index is 2.07. The number of ether oxygens (including phenoxy) is 1. The van der Waals surface area contributed by atoms with Gasteiger partial charge in [-0.15, -0.1) is 0 Å². The molecule has 4 nitrogen and oxygen atoms in total. The van der Waals surface area contributed by atoms with Crippen LogP contribution in [-0.4, -0.2) is 12.0 Å². The van der Waals surface area contributed by atoms with Crippen molar-refractivity contribution in [1.82, 2.24) is 0 Å². The molecule has 4 heteroatoms. The minimum absolute atomic E-state index is 0.135. The fourth-order valence-corrected chi connectivity index (χ4v) is 1.82. The number of nitro groups is 1. The van der Waals surface area contributed by atoms with Crippen LogP contribution >= 0.6 is 0 Å². The molecule has 0 saturated heterocycles. The maximum absolute atomic E-state index is 10.9. The van der Waals surface area contributed by atoms with E-state index in [1.165, 1.54) is 6.07 Å². The lowest BCUT2D eigenvalue weighted by Crippen LogP contribution is -1.96. The second-order valence-electron chi connectivity index (χ2n) is 4.07. The van der Waals surface area contributed by atoms with Crippen LogP contribution in [0, 0.1) is 16.5 Å². The van der Waals surface area contributed by atoms with Gasteiger partial charge in [0.05, 0.1) is 12.0 Å². The van der Waals surface area contributed by atoms with Crippen LogP contribution in [0.15, 0.2) is 48.5 Å². The van der Waals surface area contributed by atoms with Gasteiger partial charge in [-0.05, 0) is 24.1 Å². The van der Waals surface area contributed by atoms with Crippen LogP contribution in [0.2, 0.25) is 0 Å². The summed E-state index contributed by atoms with van der Waals surface area (Å²) in [5.41, 5.74) is 1.86. The van der Waals surface area contributed by atoms with E-state index in [1.54, 1.807) is 25.3 Å². The Labute approximate surface area is 111 Å². The van der Waals surface area contributed by atoms with Crippen LogP contribution in [0.25, 0.3) is 0 Å². The summed E-state index contributed by atoms with van der Waals surface area (Å²) in [5, 5.41) is 10.9. The summed E-state index contributed by atoms with van der Waals surface area (Å²) < 4.78 is 5.08. The lowest BCUT2D eigenvalue weighted by atomic mass is 10.0. The Morgan fingerprint density at radius 1 is 1.16 bits per heavy atom. The number of hydrogen-bond acceptors (Lipinski definition) is 3. The molecule has 2 aromatic rings. The Bertz CT molecular complexity index is 564. The smallest absolute Gasteiger partial charge is 0.272 e. The number of para-hydroxylation sites is 1. The number of benzene rings is 2. The van der Waals surface area contributed by atoms with Crippen molar-refractivity contribution in [2.45, 2.75) is 6.42 Å². The van der Waals surface area contributed by atoms with Crippen LogP contribution in [0.1, 0.15) is 11.1 Å². The third-order valence-corrected chi connectivity index (χ3v) is 2.85. The SMILES string of the molecule is COc1ccc(C[CH]c2ccccc2[N+](=O)[O-])cc1. The Morgan fingerprint density at radius 3 is 2.47 bits per heavy atom. The van der Waals surface area contributed by atoms with Gasteiger partial charge in [0.1, 0.15) is 5.75 Å². The Morgan fingerprint density at radius 2 is 1.84 bits per heavy atom. The van der Waals surface area contributed by atoms with Gasteiger partial charge in [-0.3, -0.25) is 10.1 Å². The molecule has 1 radical (unpaired) electrons. The van der Waals surface area contributed by atoms with Gasteiger partial charge in [-0.25, -0.2) is 0 Å². The third kappa shape index (κ3) is 3.31. The molecule has 0 aliphatic rings. The lowest BCUT2D eigenvalue weighted by molar-refractivity contribution is -0.385. The monoisotopic (exact) mass is 256 g/mol. The molecule has 0 aliphatic carbocycles. The second-order valence-corrected chi connectivity index (χ2v) is 4.07. The zero-order valence-electron chi connectivity index (χ0n) is 10.6. The van der Waals surface area contributed by atoms with Crippen molar-refractivity contribution < 1.29 is 9.66 Å². The van der Waals surface area contributed by atoms with Crippen LogP contribution in [0.3, 0.4) is 0 Å². The van der Waals surface area contributed by atoms with Gasteiger partial charge in [0, 0.05) is 18.1 Å². The van der Waals surface area contributed by atoms with E-state index < -0.39 is 0 Å². The van der Waals surface area contributed by atoms with Crippen LogP contribution in [0.4, 0.5) is 5.69 Å². The first-order valence-corrected chi connectivity index (χ1v) is 5.90. The highest BCUT2D eigenvalue weighted by Crippen LogP contribution is 2.21. The number of hydrogen-bond donors (Lipinski definition) is 0. The van der Waals surface area contributed by atoms with Gasteiger partial charge in [-0.2, -0.15) is 0 Å².